The SMILES string of the molecule is Cc1ccc(-c2cnc(CCC(=O)NCc3cccc(C(N)=O)c3)o2)cc1. The average Bonchev–Trinajstić information content (AvgIpc) is 3.14. The molecule has 0 radical (unpaired) electrons. The number of aromatic nitrogens is 1. The van der Waals surface area contributed by atoms with Crippen molar-refractivity contribution in [3.8, 4) is 11.3 Å². The fourth-order valence-corrected chi connectivity index (χ4v) is 2.62. The van der Waals surface area contributed by atoms with Gasteiger partial charge in [-0.25, -0.2) is 4.98 Å². The van der Waals surface area contributed by atoms with E-state index in [1.54, 1.807) is 24.4 Å². The van der Waals surface area contributed by atoms with E-state index in [2.05, 4.69) is 10.3 Å². The van der Waals surface area contributed by atoms with Gasteiger partial charge in [-0.1, -0.05) is 42.0 Å². The van der Waals surface area contributed by atoms with E-state index in [-0.39, 0.29) is 12.3 Å². The lowest BCUT2D eigenvalue weighted by molar-refractivity contribution is -0.121. The van der Waals surface area contributed by atoms with Crippen LogP contribution in [0.2, 0.25) is 0 Å². The molecule has 138 valence electrons. The van der Waals surface area contributed by atoms with Gasteiger partial charge < -0.3 is 15.5 Å². The second kappa shape index (κ2) is 8.31. The zero-order valence-corrected chi connectivity index (χ0v) is 15.1. The van der Waals surface area contributed by atoms with Crippen LogP contribution in [0.25, 0.3) is 11.3 Å². The molecule has 0 aliphatic rings. The minimum atomic E-state index is -0.489. The summed E-state index contributed by atoms with van der Waals surface area (Å²) >= 11 is 0. The highest BCUT2D eigenvalue weighted by molar-refractivity contribution is 5.92. The standard InChI is InChI=1S/C21H21N3O3/c1-14-5-7-16(8-6-14)18-13-24-20(27-18)10-9-19(25)23-12-15-3-2-4-17(11-15)21(22)26/h2-8,11,13H,9-10,12H2,1H3,(H2,22,26)(H,23,25). The minimum absolute atomic E-state index is 0.116. The Balaban J connectivity index is 1.50. The predicted octanol–water partition coefficient (Wildman–Crippen LogP) is 3.00. The van der Waals surface area contributed by atoms with Gasteiger partial charge in [-0.15, -0.1) is 0 Å². The lowest BCUT2D eigenvalue weighted by Crippen LogP contribution is -2.23. The summed E-state index contributed by atoms with van der Waals surface area (Å²) in [6, 6.07) is 14.9. The van der Waals surface area contributed by atoms with Crippen LogP contribution < -0.4 is 11.1 Å². The van der Waals surface area contributed by atoms with Crippen molar-refractivity contribution in [1.82, 2.24) is 10.3 Å². The molecule has 0 spiro atoms. The van der Waals surface area contributed by atoms with Crippen LogP contribution in [0.1, 0.15) is 33.8 Å². The van der Waals surface area contributed by atoms with E-state index in [1.165, 1.54) is 5.56 Å². The largest absolute Gasteiger partial charge is 0.441 e. The Hall–Kier alpha value is -3.41. The topological polar surface area (TPSA) is 98.2 Å². The quantitative estimate of drug-likeness (QED) is 0.674. The number of hydrogen-bond acceptors (Lipinski definition) is 4. The van der Waals surface area contributed by atoms with Gasteiger partial charge in [0.05, 0.1) is 6.20 Å². The van der Waals surface area contributed by atoms with E-state index in [9.17, 15) is 9.59 Å². The zero-order valence-electron chi connectivity index (χ0n) is 15.1. The summed E-state index contributed by atoms with van der Waals surface area (Å²) < 4.78 is 5.72. The van der Waals surface area contributed by atoms with Gasteiger partial charge >= 0.3 is 0 Å². The van der Waals surface area contributed by atoms with Gasteiger partial charge in [0, 0.05) is 30.5 Å². The van der Waals surface area contributed by atoms with Crippen LogP contribution >= 0.6 is 0 Å². The van der Waals surface area contributed by atoms with Gasteiger partial charge in [0.2, 0.25) is 11.8 Å². The summed E-state index contributed by atoms with van der Waals surface area (Å²) in [5, 5.41) is 2.82. The van der Waals surface area contributed by atoms with E-state index in [0.29, 0.717) is 30.2 Å². The number of carbonyl (C=O) groups excluding carboxylic acids is 2. The molecular formula is C21H21N3O3. The van der Waals surface area contributed by atoms with Crippen molar-refractivity contribution in [3.05, 3.63) is 77.3 Å². The Bertz CT molecular complexity index is 945. The van der Waals surface area contributed by atoms with Crippen molar-refractivity contribution in [2.24, 2.45) is 5.73 Å². The maximum absolute atomic E-state index is 12.1. The van der Waals surface area contributed by atoms with Crippen molar-refractivity contribution in [2.75, 3.05) is 0 Å². The lowest BCUT2D eigenvalue weighted by Gasteiger charge is -2.05. The summed E-state index contributed by atoms with van der Waals surface area (Å²) in [5.74, 6) is 0.608. The number of nitrogens with one attached hydrogen (secondary N) is 1. The molecule has 27 heavy (non-hydrogen) atoms. The van der Waals surface area contributed by atoms with Crippen molar-refractivity contribution < 1.29 is 14.0 Å². The molecule has 6 heteroatoms. The Labute approximate surface area is 157 Å². The number of aryl methyl sites for hydroxylation is 2. The van der Waals surface area contributed by atoms with Crippen LogP contribution in [0.15, 0.2) is 59.1 Å². The van der Waals surface area contributed by atoms with Crippen molar-refractivity contribution in [1.29, 1.82) is 0 Å². The number of primary amides is 1. The summed E-state index contributed by atoms with van der Waals surface area (Å²) in [7, 11) is 0. The van der Waals surface area contributed by atoms with Crippen LogP contribution in [0, 0.1) is 6.92 Å². The molecule has 0 aliphatic carbocycles. The molecule has 1 aromatic heterocycles. The van der Waals surface area contributed by atoms with Crippen LogP contribution in [0.3, 0.4) is 0 Å². The average molecular weight is 363 g/mol. The molecule has 0 aliphatic heterocycles. The van der Waals surface area contributed by atoms with Crippen LogP contribution in [-0.4, -0.2) is 16.8 Å². The molecule has 3 rings (SSSR count). The lowest BCUT2D eigenvalue weighted by atomic mass is 10.1. The number of carbonyl (C=O) groups is 2. The Kier molecular flexibility index (Phi) is 5.66. The van der Waals surface area contributed by atoms with E-state index < -0.39 is 5.91 Å². The molecule has 2 amide bonds. The fourth-order valence-electron chi connectivity index (χ4n) is 2.62. The molecule has 0 atom stereocenters. The number of nitrogens with zero attached hydrogens (tertiary/aromatic N) is 1. The van der Waals surface area contributed by atoms with Crippen LogP contribution in [-0.2, 0) is 17.8 Å². The summed E-state index contributed by atoms with van der Waals surface area (Å²) in [6.45, 7) is 2.36. The third kappa shape index (κ3) is 5.04. The van der Waals surface area contributed by atoms with Gasteiger partial charge in [0.1, 0.15) is 0 Å². The van der Waals surface area contributed by atoms with Crippen LogP contribution in [0.4, 0.5) is 0 Å². The summed E-state index contributed by atoms with van der Waals surface area (Å²) in [6.07, 6.45) is 2.36. The monoisotopic (exact) mass is 363 g/mol. The number of benzene rings is 2. The highest BCUT2D eigenvalue weighted by Crippen LogP contribution is 2.21. The van der Waals surface area contributed by atoms with Gasteiger partial charge in [-0.05, 0) is 24.6 Å². The number of amides is 2. The molecule has 0 fully saturated rings. The Morgan fingerprint density at radius 3 is 2.67 bits per heavy atom. The van der Waals surface area contributed by atoms with Gasteiger partial charge in [0.15, 0.2) is 11.7 Å². The van der Waals surface area contributed by atoms with E-state index in [1.807, 2.05) is 37.3 Å². The van der Waals surface area contributed by atoms with Crippen LogP contribution in [0.5, 0.6) is 0 Å². The van der Waals surface area contributed by atoms with E-state index >= 15 is 0 Å². The summed E-state index contributed by atoms with van der Waals surface area (Å²) in [5.41, 5.74) is 8.63. The maximum atomic E-state index is 12.1. The Morgan fingerprint density at radius 2 is 1.93 bits per heavy atom. The Morgan fingerprint density at radius 1 is 1.15 bits per heavy atom. The van der Waals surface area contributed by atoms with Gasteiger partial charge in [-0.2, -0.15) is 0 Å². The number of nitrogens with two attached hydrogens (primary N) is 1. The maximum Gasteiger partial charge on any atom is 0.248 e. The first-order chi connectivity index (χ1) is 13.0. The molecular weight excluding hydrogens is 342 g/mol. The second-order valence-corrected chi connectivity index (χ2v) is 6.33. The first kappa shape index (κ1) is 18.4. The van der Waals surface area contributed by atoms with E-state index in [0.717, 1.165) is 11.1 Å². The number of hydrogen-bond donors (Lipinski definition) is 2. The molecule has 1 heterocycles. The van der Waals surface area contributed by atoms with Gasteiger partial charge in [-0.3, -0.25) is 9.59 Å². The first-order valence-electron chi connectivity index (χ1n) is 8.68. The third-order valence-electron chi connectivity index (χ3n) is 4.16. The van der Waals surface area contributed by atoms with Gasteiger partial charge in [0.25, 0.3) is 0 Å². The summed E-state index contributed by atoms with van der Waals surface area (Å²) in [4.78, 5) is 27.5. The smallest absolute Gasteiger partial charge is 0.248 e. The minimum Gasteiger partial charge on any atom is -0.441 e. The number of oxazole rings is 1. The third-order valence-corrected chi connectivity index (χ3v) is 4.16. The molecule has 0 saturated carbocycles. The molecule has 0 unspecified atom stereocenters. The predicted molar refractivity (Wildman–Crippen MR) is 102 cm³/mol. The highest BCUT2D eigenvalue weighted by atomic mass is 16.4. The van der Waals surface area contributed by atoms with Crippen molar-refractivity contribution in [2.45, 2.75) is 26.3 Å². The van der Waals surface area contributed by atoms with Crippen molar-refractivity contribution in [3.63, 3.8) is 0 Å². The molecule has 3 aromatic rings. The van der Waals surface area contributed by atoms with Crippen molar-refractivity contribution >= 4 is 11.8 Å². The molecule has 2 aromatic carbocycles. The molecule has 0 saturated heterocycles. The van der Waals surface area contributed by atoms with E-state index in [4.69, 9.17) is 10.2 Å². The normalized spacial score (nSPS) is 10.6. The highest BCUT2D eigenvalue weighted by Gasteiger charge is 2.09. The fraction of sp³-hybridized carbons (Fsp3) is 0.190. The number of rotatable bonds is 7. The molecule has 6 nitrogen and oxygen atoms in total. The first-order valence-corrected chi connectivity index (χ1v) is 8.68. The molecule has 3 N–H and O–H groups in total. The molecule has 0 bridgehead atoms. The zero-order chi connectivity index (χ0) is 19.2. The second-order valence-electron chi connectivity index (χ2n) is 6.33.